The van der Waals surface area contributed by atoms with E-state index in [4.69, 9.17) is 11.2 Å². The lowest BCUT2D eigenvalue weighted by Gasteiger charge is -2.06. The van der Waals surface area contributed by atoms with Crippen LogP contribution in [0.5, 0.6) is 0 Å². The van der Waals surface area contributed by atoms with Gasteiger partial charge in [0.15, 0.2) is 0 Å². The lowest BCUT2D eigenvalue weighted by atomic mass is 9.94. The van der Waals surface area contributed by atoms with Gasteiger partial charge < -0.3 is 9.84 Å². The minimum absolute atomic E-state index is 0.0775. The first-order chi connectivity index (χ1) is 4.66. The molecule has 0 aromatic carbocycles. The molecule has 0 spiro atoms. The first-order valence-corrected chi connectivity index (χ1v) is 2.93. The largest absolute Gasteiger partial charge is 0.387 e. The van der Waals surface area contributed by atoms with E-state index in [1.54, 1.807) is 7.85 Å². The molecule has 9 heavy (non-hydrogen) atoms. The number of hydrogen-bond donors (Lipinski definition) is 1. The lowest BCUT2D eigenvalue weighted by Crippen LogP contribution is -2.27. The zero-order valence-electron chi connectivity index (χ0n) is 6.25. The van der Waals surface area contributed by atoms with Crippen LogP contribution in [0.3, 0.4) is 0 Å². The van der Waals surface area contributed by atoms with Crippen LogP contribution in [0.25, 0.3) is 0 Å². The Kier molecular flexibility index (Phi) is 1.43. The predicted octanol–water partition coefficient (Wildman–Crippen LogP) is -0.937. The molecule has 1 saturated heterocycles. The third-order valence-electron chi connectivity index (χ3n) is 1.55. The van der Waals surface area contributed by atoms with Crippen molar-refractivity contribution < 1.29 is 15.6 Å². The van der Waals surface area contributed by atoms with Crippen LogP contribution < -0.4 is 0 Å². The maximum atomic E-state index is 12.7. The van der Waals surface area contributed by atoms with Gasteiger partial charge in [-0.25, -0.2) is 4.39 Å². The van der Waals surface area contributed by atoms with E-state index in [-0.39, 0.29) is 6.90 Å². The van der Waals surface area contributed by atoms with Crippen LogP contribution in [-0.4, -0.2) is 37.3 Å². The first kappa shape index (κ1) is 5.68. The summed E-state index contributed by atoms with van der Waals surface area (Å²) in [6, 6.07) is -0.564. The molecule has 0 aliphatic carbocycles. The van der Waals surface area contributed by atoms with Crippen LogP contribution in [0.4, 0.5) is 4.39 Å². The summed E-state index contributed by atoms with van der Waals surface area (Å²) >= 11 is 0. The van der Waals surface area contributed by atoms with Crippen molar-refractivity contribution in [2.45, 2.75) is 31.3 Å². The molecule has 1 aliphatic heterocycles. The molecule has 4 atom stereocenters. The molecule has 0 bridgehead atoms. The predicted molar refractivity (Wildman–Crippen MR) is 33.8 cm³/mol. The van der Waals surface area contributed by atoms with E-state index >= 15 is 0 Å². The second kappa shape index (κ2) is 2.27. The van der Waals surface area contributed by atoms with Gasteiger partial charge in [-0.3, -0.25) is 0 Å². The van der Waals surface area contributed by atoms with Gasteiger partial charge in [-0.1, -0.05) is 0 Å². The van der Waals surface area contributed by atoms with E-state index in [0.29, 0.717) is 0 Å². The third-order valence-corrected chi connectivity index (χ3v) is 1.55. The van der Waals surface area contributed by atoms with Gasteiger partial charge in [-0.05, 0) is 6.90 Å². The Morgan fingerprint density at radius 1 is 1.89 bits per heavy atom. The number of ether oxygens (including phenoxy) is 1. The van der Waals surface area contributed by atoms with Gasteiger partial charge in [0.05, 0.1) is 12.1 Å². The average molecular weight is 133 g/mol. The number of rotatable bonds is 0. The normalized spacial score (nSPS) is 53.3. The molecule has 52 valence electrons. The molecule has 1 N–H and O–H groups in total. The minimum atomic E-state index is -1.32. The lowest BCUT2D eigenvalue weighted by molar-refractivity contribution is 0.0430. The summed E-state index contributed by atoms with van der Waals surface area (Å²) in [6.07, 6.45) is -3.06. The first-order valence-electron chi connectivity index (χ1n) is 3.64. The molecule has 0 radical (unpaired) electrons. The van der Waals surface area contributed by atoms with E-state index in [2.05, 4.69) is 0 Å². The molecule has 0 aromatic rings. The van der Waals surface area contributed by atoms with Crippen LogP contribution in [0, 0.1) is 0 Å². The fourth-order valence-corrected chi connectivity index (χ4v) is 0.914. The summed E-state index contributed by atoms with van der Waals surface area (Å²) in [6.45, 7) is -0.0775. The molecular weight excluding hydrogens is 122 g/mol. The molecule has 0 aromatic heterocycles. The van der Waals surface area contributed by atoms with Gasteiger partial charge in [0, 0.05) is 1.37 Å². The van der Waals surface area contributed by atoms with Gasteiger partial charge in [-0.2, -0.15) is 0 Å². The highest BCUT2D eigenvalue weighted by Crippen LogP contribution is 2.20. The standard InChI is InChI=1S/C5H10BFO2/c1-2-4(8)3(7)5(6)9-2/h2-5,8H,6H2,1H3/t2-,3+,4?,5-/m1/s1/i1D. The molecule has 1 fully saturated rings. The van der Waals surface area contributed by atoms with Crippen LogP contribution in [0.15, 0.2) is 0 Å². The quantitative estimate of drug-likeness (QED) is 0.432. The van der Waals surface area contributed by atoms with Crippen LogP contribution in [0.1, 0.15) is 8.27 Å². The van der Waals surface area contributed by atoms with Crippen molar-refractivity contribution in [2.24, 2.45) is 0 Å². The Bertz CT molecular complexity index is 126. The molecule has 0 saturated carbocycles. The number of halogens is 1. The monoisotopic (exact) mass is 133 g/mol. The smallest absolute Gasteiger partial charge is 0.146 e. The van der Waals surface area contributed by atoms with Gasteiger partial charge in [0.1, 0.15) is 20.1 Å². The zero-order chi connectivity index (χ0) is 7.72. The second-order valence-electron chi connectivity index (χ2n) is 2.31. The van der Waals surface area contributed by atoms with Crippen molar-refractivity contribution in [3.8, 4) is 0 Å². The number of aliphatic hydroxyl groups excluding tert-OH is 1. The summed E-state index contributed by atoms with van der Waals surface area (Å²) in [5, 5.41) is 9.01. The summed E-state index contributed by atoms with van der Waals surface area (Å²) < 4.78 is 24.5. The highest BCUT2D eigenvalue weighted by Gasteiger charge is 2.38. The topological polar surface area (TPSA) is 29.5 Å². The van der Waals surface area contributed by atoms with Crippen molar-refractivity contribution in [2.75, 3.05) is 0 Å². The Morgan fingerprint density at radius 3 is 2.78 bits per heavy atom. The van der Waals surface area contributed by atoms with Crippen molar-refractivity contribution in [3.05, 3.63) is 0 Å². The fraction of sp³-hybridized carbons (Fsp3) is 1.00. The summed E-state index contributed by atoms with van der Waals surface area (Å²) in [4.78, 5) is 0. The van der Waals surface area contributed by atoms with Crippen molar-refractivity contribution in [1.82, 2.24) is 0 Å². The molecule has 1 unspecified atom stereocenters. The van der Waals surface area contributed by atoms with Crippen molar-refractivity contribution in [1.29, 1.82) is 0 Å². The van der Waals surface area contributed by atoms with E-state index in [9.17, 15) is 4.39 Å². The molecule has 4 heteroatoms. The Morgan fingerprint density at radius 2 is 2.56 bits per heavy atom. The number of aliphatic hydroxyl groups is 1. The SMILES string of the molecule is [2H]C[C@H]1O[C@@H](B)[C@@H](F)C1O. The van der Waals surface area contributed by atoms with E-state index in [1.165, 1.54) is 0 Å². The van der Waals surface area contributed by atoms with Crippen molar-refractivity contribution in [3.63, 3.8) is 0 Å². The van der Waals surface area contributed by atoms with Gasteiger partial charge in [0.2, 0.25) is 0 Å². The Hall–Kier alpha value is -0.0851. The average Bonchev–Trinajstić information content (AvgIpc) is 2.17. The highest BCUT2D eigenvalue weighted by atomic mass is 19.1. The zero-order valence-corrected chi connectivity index (χ0v) is 5.25. The molecule has 2 nitrogen and oxygen atoms in total. The van der Waals surface area contributed by atoms with E-state index in [0.717, 1.165) is 0 Å². The van der Waals surface area contributed by atoms with Crippen LogP contribution in [-0.2, 0) is 4.74 Å². The minimum Gasteiger partial charge on any atom is -0.387 e. The summed E-state index contributed by atoms with van der Waals surface area (Å²) in [7, 11) is 1.56. The number of alkyl halides is 1. The maximum absolute atomic E-state index is 12.7. The van der Waals surface area contributed by atoms with Crippen LogP contribution in [0.2, 0.25) is 0 Å². The molecular formula is C5H10BFO2. The number of hydrogen-bond acceptors (Lipinski definition) is 2. The molecule has 1 rings (SSSR count). The van der Waals surface area contributed by atoms with Crippen LogP contribution >= 0.6 is 0 Å². The molecule has 1 heterocycles. The second-order valence-corrected chi connectivity index (χ2v) is 2.31. The Labute approximate surface area is 55.8 Å². The summed E-state index contributed by atoms with van der Waals surface area (Å²) in [5.74, 6) is 0. The maximum Gasteiger partial charge on any atom is 0.146 e. The van der Waals surface area contributed by atoms with Gasteiger partial charge in [-0.15, -0.1) is 0 Å². The van der Waals surface area contributed by atoms with E-state index < -0.39 is 24.4 Å². The van der Waals surface area contributed by atoms with Gasteiger partial charge >= 0.3 is 0 Å². The summed E-state index contributed by atoms with van der Waals surface area (Å²) in [5.41, 5.74) is 0. The van der Waals surface area contributed by atoms with E-state index in [1.807, 2.05) is 0 Å². The highest BCUT2D eigenvalue weighted by molar-refractivity contribution is 6.11. The van der Waals surface area contributed by atoms with Crippen molar-refractivity contribution >= 4 is 7.85 Å². The Balaban J connectivity index is 2.53. The van der Waals surface area contributed by atoms with Gasteiger partial charge in [0.25, 0.3) is 0 Å². The fourth-order valence-electron chi connectivity index (χ4n) is 0.914. The third kappa shape index (κ3) is 1.09. The molecule has 1 aliphatic rings. The molecule has 0 amide bonds.